The molecule has 0 fully saturated rings. The number of nitrogens with one attached hydrogen (secondary N) is 1. The number of anilines is 1. The Morgan fingerprint density at radius 1 is 1.36 bits per heavy atom. The van der Waals surface area contributed by atoms with Gasteiger partial charge < -0.3 is 5.32 Å². The maximum atomic E-state index is 12.2. The van der Waals surface area contributed by atoms with E-state index in [1.807, 2.05) is 10.1 Å². The van der Waals surface area contributed by atoms with E-state index in [0.29, 0.717) is 16.6 Å². The van der Waals surface area contributed by atoms with Gasteiger partial charge in [-0.2, -0.15) is 5.10 Å². The molecule has 22 heavy (non-hydrogen) atoms. The average Bonchev–Trinajstić information content (AvgIpc) is 3.07. The molecule has 118 valence electrons. The number of carbonyl (C=O) groups is 2. The van der Waals surface area contributed by atoms with Crippen LogP contribution in [0.15, 0.2) is 23.7 Å². The second kappa shape index (κ2) is 6.87. The number of hydrogen-bond donors (Lipinski definition) is 1. The summed E-state index contributed by atoms with van der Waals surface area (Å²) >= 11 is 1.37. The van der Waals surface area contributed by atoms with Gasteiger partial charge in [-0.3, -0.25) is 9.59 Å². The van der Waals surface area contributed by atoms with E-state index in [9.17, 15) is 9.59 Å². The monoisotopic (exact) mass is 319 g/mol. The zero-order valence-electron chi connectivity index (χ0n) is 13.3. The van der Waals surface area contributed by atoms with Gasteiger partial charge >= 0.3 is 0 Å². The highest BCUT2D eigenvalue weighted by Gasteiger charge is 2.16. The van der Waals surface area contributed by atoms with Crippen molar-refractivity contribution in [2.75, 3.05) is 5.32 Å². The molecule has 1 N–H and O–H groups in total. The fourth-order valence-corrected chi connectivity index (χ4v) is 2.86. The van der Waals surface area contributed by atoms with Crippen molar-refractivity contribution in [1.82, 2.24) is 9.78 Å². The first-order valence-corrected chi connectivity index (χ1v) is 8.18. The number of Topliss-reactive ketones (excluding diaryl/α,β-unsaturated/α-hetero) is 1. The number of thiophene rings is 1. The summed E-state index contributed by atoms with van der Waals surface area (Å²) < 4.78 is 1.83. The largest absolute Gasteiger partial charge is 0.311 e. The molecule has 1 atom stereocenters. The molecule has 0 aromatic carbocycles. The van der Waals surface area contributed by atoms with E-state index in [0.717, 1.165) is 5.56 Å². The number of rotatable bonds is 6. The van der Waals surface area contributed by atoms with E-state index in [1.165, 1.54) is 18.3 Å². The first-order valence-electron chi connectivity index (χ1n) is 7.30. The molecular formula is C16H21N3O2S. The smallest absolute Gasteiger partial charge is 0.229 e. The standard InChI is InChI=1S/C16H21N3O2S/c1-10(2)11(3)19-15(5-6-17-19)18-16(21)8-13-7-14(12(4)20)22-9-13/h5-7,9-11H,8H2,1-4H3,(H,18,21). The third-order valence-corrected chi connectivity index (χ3v) is 4.73. The van der Waals surface area contributed by atoms with Gasteiger partial charge in [-0.1, -0.05) is 13.8 Å². The SMILES string of the molecule is CC(=O)c1cc(CC(=O)Nc2ccnn2C(C)C(C)C)cs1. The molecular weight excluding hydrogens is 298 g/mol. The molecule has 2 aromatic rings. The molecule has 0 aliphatic rings. The summed E-state index contributed by atoms with van der Waals surface area (Å²) in [5, 5.41) is 9.03. The second-order valence-electron chi connectivity index (χ2n) is 5.75. The Morgan fingerprint density at radius 3 is 2.68 bits per heavy atom. The fourth-order valence-electron chi connectivity index (χ4n) is 2.05. The maximum absolute atomic E-state index is 12.2. The van der Waals surface area contributed by atoms with Crippen molar-refractivity contribution in [2.45, 2.75) is 40.2 Å². The Bertz CT molecular complexity index is 672. The lowest BCUT2D eigenvalue weighted by Crippen LogP contribution is -2.20. The molecule has 2 heterocycles. The Hall–Kier alpha value is -1.95. The molecule has 0 aliphatic heterocycles. The van der Waals surface area contributed by atoms with Crippen molar-refractivity contribution in [2.24, 2.45) is 5.92 Å². The Labute approximate surface area is 134 Å². The van der Waals surface area contributed by atoms with Crippen molar-refractivity contribution in [1.29, 1.82) is 0 Å². The summed E-state index contributed by atoms with van der Waals surface area (Å²) in [5.41, 5.74) is 0.857. The minimum atomic E-state index is -0.106. The lowest BCUT2D eigenvalue weighted by molar-refractivity contribution is -0.115. The minimum Gasteiger partial charge on any atom is -0.311 e. The molecule has 6 heteroatoms. The Kier molecular flexibility index (Phi) is 5.13. The lowest BCUT2D eigenvalue weighted by atomic mass is 10.1. The van der Waals surface area contributed by atoms with Crippen LogP contribution in [0.2, 0.25) is 0 Å². The van der Waals surface area contributed by atoms with Crippen LogP contribution in [-0.2, 0) is 11.2 Å². The van der Waals surface area contributed by atoms with Gasteiger partial charge in [0.05, 0.1) is 23.5 Å². The highest BCUT2D eigenvalue weighted by molar-refractivity contribution is 7.12. The van der Waals surface area contributed by atoms with E-state index in [-0.39, 0.29) is 24.2 Å². The Morgan fingerprint density at radius 2 is 2.09 bits per heavy atom. The summed E-state index contributed by atoms with van der Waals surface area (Å²) in [4.78, 5) is 24.1. The molecule has 2 aromatic heterocycles. The van der Waals surface area contributed by atoms with Crippen LogP contribution in [0.1, 0.15) is 49.0 Å². The van der Waals surface area contributed by atoms with E-state index < -0.39 is 0 Å². The number of ketones is 1. The molecule has 0 spiro atoms. The molecule has 1 amide bonds. The molecule has 0 bridgehead atoms. The first-order chi connectivity index (χ1) is 10.4. The van der Waals surface area contributed by atoms with Crippen LogP contribution >= 0.6 is 11.3 Å². The van der Waals surface area contributed by atoms with Crippen LogP contribution in [0.4, 0.5) is 5.82 Å². The first kappa shape index (κ1) is 16.4. The number of hydrogen-bond acceptors (Lipinski definition) is 4. The van der Waals surface area contributed by atoms with Crippen molar-refractivity contribution < 1.29 is 9.59 Å². The van der Waals surface area contributed by atoms with Crippen LogP contribution < -0.4 is 5.32 Å². The summed E-state index contributed by atoms with van der Waals surface area (Å²) in [6, 6.07) is 3.78. The van der Waals surface area contributed by atoms with Gasteiger partial charge in [-0.15, -0.1) is 11.3 Å². The highest BCUT2D eigenvalue weighted by atomic mass is 32.1. The number of carbonyl (C=O) groups excluding carboxylic acids is 2. The maximum Gasteiger partial charge on any atom is 0.229 e. The van der Waals surface area contributed by atoms with Gasteiger partial charge in [-0.25, -0.2) is 4.68 Å². The molecule has 0 aliphatic carbocycles. The zero-order chi connectivity index (χ0) is 16.3. The topological polar surface area (TPSA) is 64.0 Å². The van der Waals surface area contributed by atoms with E-state index in [2.05, 4.69) is 31.2 Å². The van der Waals surface area contributed by atoms with Crippen LogP contribution in [0.25, 0.3) is 0 Å². The molecule has 0 saturated heterocycles. The molecule has 2 rings (SSSR count). The van der Waals surface area contributed by atoms with Gasteiger partial charge in [-0.05, 0) is 36.8 Å². The summed E-state index contributed by atoms with van der Waals surface area (Å²) in [6.45, 7) is 7.84. The number of aromatic nitrogens is 2. The van der Waals surface area contributed by atoms with Gasteiger partial charge in [0.1, 0.15) is 5.82 Å². The van der Waals surface area contributed by atoms with E-state index >= 15 is 0 Å². The van der Waals surface area contributed by atoms with Crippen molar-refractivity contribution in [3.05, 3.63) is 34.2 Å². The van der Waals surface area contributed by atoms with Crippen molar-refractivity contribution >= 4 is 28.8 Å². The van der Waals surface area contributed by atoms with Crippen LogP contribution in [0, 0.1) is 5.92 Å². The molecule has 0 radical (unpaired) electrons. The molecule has 5 nitrogen and oxygen atoms in total. The van der Waals surface area contributed by atoms with Crippen molar-refractivity contribution in [3.8, 4) is 0 Å². The summed E-state index contributed by atoms with van der Waals surface area (Å²) in [7, 11) is 0. The summed E-state index contributed by atoms with van der Waals surface area (Å²) in [5.74, 6) is 1.05. The second-order valence-corrected chi connectivity index (χ2v) is 6.66. The fraction of sp³-hybridized carbons (Fsp3) is 0.438. The zero-order valence-corrected chi connectivity index (χ0v) is 14.1. The van der Waals surface area contributed by atoms with Crippen molar-refractivity contribution in [3.63, 3.8) is 0 Å². The predicted molar refractivity (Wildman–Crippen MR) is 88.4 cm³/mol. The van der Waals surface area contributed by atoms with Gasteiger partial charge in [0.2, 0.25) is 5.91 Å². The predicted octanol–water partition coefficient (Wildman–Crippen LogP) is 3.55. The average molecular weight is 319 g/mol. The van der Waals surface area contributed by atoms with Crippen LogP contribution in [-0.4, -0.2) is 21.5 Å². The quantitative estimate of drug-likeness (QED) is 0.828. The van der Waals surface area contributed by atoms with E-state index in [4.69, 9.17) is 0 Å². The highest BCUT2D eigenvalue weighted by Crippen LogP contribution is 2.21. The molecule has 1 unspecified atom stereocenters. The third-order valence-electron chi connectivity index (χ3n) is 3.65. The van der Waals surface area contributed by atoms with Crippen LogP contribution in [0.5, 0.6) is 0 Å². The lowest BCUT2D eigenvalue weighted by Gasteiger charge is -2.19. The van der Waals surface area contributed by atoms with E-state index in [1.54, 1.807) is 18.3 Å². The Balaban J connectivity index is 2.03. The van der Waals surface area contributed by atoms with Crippen LogP contribution in [0.3, 0.4) is 0 Å². The minimum absolute atomic E-state index is 0.0282. The molecule has 0 saturated carbocycles. The summed E-state index contributed by atoms with van der Waals surface area (Å²) in [6.07, 6.45) is 1.94. The van der Waals surface area contributed by atoms with Gasteiger partial charge in [0.25, 0.3) is 0 Å². The number of amides is 1. The van der Waals surface area contributed by atoms with Gasteiger partial charge in [0, 0.05) is 6.07 Å². The van der Waals surface area contributed by atoms with Gasteiger partial charge in [0.15, 0.2) is 5.78 Å². The third kappa shape index (κ3) is 3.82. The normalized spacial score (nSPS) is 12.4. The number of nitrogens with zero attached hydrogens (tertiary/aromatic N) is 2.